The number of carbonyl (C=O) groups is 1. The Hall–Kier alpha value is -2.47. The molecule has 0 aliphatic carbocycles. The zero-order chi connectivity index (χ0) is 18.6. The molecule has 1 heterocycles. The predicted octanol–water partition coefficient (Wildman–Crippen LogP) is 3.81. The van der Waals surface area contributed by atoms with Crippen LogP contribution in [-0.4, -0.2) is 24.7 Å². The Bertz CT molecular complexity index is 803. The van der Waals surface area contributed by atoms with E-state index in [-0.39, 0.29) is 12.4 Å². The van der Waals surface area contributed by atoms with Crippen molar-refractivity contribution >= 4 is 22.8 Å². The average molecular weight is 370 g/mol. The molecule has 1 N–H and O–H groups in total. The highest BCUT2D eigenvalue weighted by Gasteiger charge is 2.42. The van der Waals surface area contributed by atoms with E-state index >= 15 is 0 Å². The van der Waals surface area contributed by atoms with Crippen LogP contribution in [0.5, 0.6) is 5.75 Å². The van der Waals surface area contributed by atoms with Crippen molar-refractivity contribution in [3.05, 3.63) is 65.2 Å². The van der Waals surface area contributed by atoms with Gasteiger partial charge in [-0.05, 0) is 31.5 Å². The monoisotopic (exact) mass is 370 g/mol. The molecule has 6 heteroatoms. The summed E-state index contributed by atoms with van der Waals surface area (Å²) in [5.74, 6) is 0.506. The minimum absolute atomic E-state index is 0.177. The number of nitrogens with one attached hydrogen (secondary N) is 1. The predicted molar refractivity (Wildman–Crippen MR) is 104 cm³/mol. The van der Waals surface area contributed by atoms with Crippen molar-refractivity contribution < 1.29 is 14.3 Å². The van der Waals surface area contributed by atoms with Crippen LogP contribution in [0.15, 0.2) is 53.6 Å². The fourth-order valence-corrected chi connectivity index (χ4v) is 3.96. The van der Waals surface area contributed by atoms with Gasteiger partial charge in [-0.2, -0.15) is 5.10 Å². The lowest BCUT2D eigenvalue weighted by atomic mass is 10.0. The fraction of sp³-hybridized carbons (Fsp3) is 0.300. The molecule has 0 spiro atoms. The van der Waals surface area contributed by atoms with Gasteiger partial charge >= 0.3 is 5.97 Å². The first-order valence-electron chi connectivity index (χ1n) is 8.47. The van der Waals surface area contributed by atoms with Crippen molar-refractivity contribution in [3.63, 3.8) is 0 Å². The molecule has 0 aromatic heterocycles. The summed E-state index contributed by atoms with van der Waals surface area (Å²) in [6.07, 6.45) is 0.177. The molecule has 0 radical (unpaired) electrons. The normalized spacial score (nSPS) is 18.8. The topological polar surface area (TPSA) is 59.9 Å². The van der Waals surface area contributed by atoms with Crippen molar-refractivity contribution in [1.29, 1.82) is 0 Å². The molecule has 2 aromatic carbocycles. The fourth-order valence-electron chi connectivity index (χ4n) is 2.75. The molecule has 0 bridgehead atoms. The Morgan fingerprint density at radius 2 is 1.85 bits per heavy atom. The maximum atomic E-state index is 12.2. The van der Waals surface area contributed by atoms with E-state index in [1.807, 2.05) is 43.3 Å². The van der Waals surface area contributed by atoms with E-state index in [1.54, 1.807) is 14.0 Å². The molecule has 136 valence electrons. The Kier molecular flexibility index (Phi) is 5.52. The quantitative estimate of drug-likeness (QED) is 0.784. The molecular formula is C20H22N2O3S. The first-order valence-corrected chi connectivity index (χ1v) is 9.29. The third kappa shape index (κ3) is 3.85. The Labute approximate surface area is 157 Å². The van der Waals surface area contributed by atoms with Gasteiger partial charge in [0.25, 0.3) is 0 Å². The zero-order valence-electron chi connectivity index (χ0n) is 15.1. The summed E-state index contributed by atoms with van der Waals surface area (Å²) in [5, 5.41) is 5.36. The Morgan fingerprint density at radius 1 is 1.15 bits per heavy atom. The van der Waals surface area contributed by atoms with Crippen LogP contribution >= 0.6 is 11.8 Å². The number of aryl methyl sites for hydroxylation is 1. The second-order valence-corrected chi connectivity index (χ2v) is 7.32. The van der Waals surface area contributed by atoms with Gasteiger partial charge < -0.3 is 9.47 Å². The highest BCUT2D eigenvalue weighted by Crippen LogP contribution is 2.43. The number of ether oxygens (including phenoxy) is 2. The number of esters is 1. The van der Waals surface area contributed by atoms with Crippen LogP contribution in [0.25, 0.3) is 0 Å². The van der Waals surface area contributed by atoms with Gasteiger partial charge in [-0.25, -0.2) is 0 Å². The molecule has 1 atom stereocenters. The van der Waals surface area contributed by atoms with Crippen LogP contribution in [0.1, 0.15) is 30.0 Å². The van der Waals surface area contributed by atoms with Crippen molar-refractivity contribution in [2.75, 3.05) is 13.7 Å². The number of hydrazone groups is 1. The van der Waals surface area contributed by atoms with Crippen LogP contribution in [0.3, 0.4) is 0 Å². The molecule has 2 aromatic rings. The van der Waals surface area contributed by atoms with E-state index in [0.29, 0.717) is 6.61 Å². The molecule has 0 fully saturated rings. The van der Waals surface area contributed by atoms with Gasteiger partial charge in [0.15, 0.2) is 0 Å². The van der Waals surface area contributed by atoms with Gasteiger partial charge in [0.05, 0.1) is 20.1 Å². The molecule has 5 nitrogen and oxygen atoms in total. The Morgan fingerprint density at radius 3 is 2.46 bits per heavy atom. The second kappa shape index (κ2) is 7.83. The van der Waals surface area contributed by atoms with Gasteiger partial charge in [0, 0.05) is 5.56 Å². The minimum Gasteiger partial charge on any atom is -0.497 e. The lowest BCUT2D eigenvalue weighted by molar-refractivity contribution is -0.144. The van der Waals surface area contributed by atoms with Gasteiger partial charge in [-0.3, -0.25) is 10.2 Å². The SMILES string of the molecule is CCOC(=O)C[C@]1(c2ccc(OC)cc2)NN=C(c2ccc(C)cc2)S1. The molecule has 26 heavy (non-hydrogen) atoms. The summed E-state index contributed by atoms with van der Waals surface area (Å²) >= 11 is 1.54. The number of rotatable bonds is 6. The molecule has 0 saturated carbocycles. The van der Waals surface area contributed by atoms with E-state index in [9.17, 15) is 4.79 Å². The lowest BCUT2D eigenvalue weighted by Crippen LogP contribution is -2.36. The number of hydrogen-bond acceptors (Lipinski definition) is 6. The van der Waals surface area contributed by atoms with Gasteiger partial charge in [0.1, 0.15) is 15.7 Å². The minimum atomic E-state index is -0.696. The molecule has 0 saturated heterocycles. The number of thioether (sulfide) groups is 1. The van der Waals surface area contributed by atoms with E-state index in [4.69, 9.17) is 9.47 Å². The van der Waals surface area contributed by atoms with E-state index < -0.39 is 4.87 Å². The summed E-state index contributed by atoms with van der Waals surface area (Å²) in [6, 6.07) is 15.9. The summed E-state index contributed by atoms with van der Waals surface area (Å²) in [4.78, 5) is 11.5. The van der Waals surface area contributed by atoms with Gasteiger partial charge in [0.2, 0.25) is 0 Å². The van der Waals surface area contributed by atoms with Crippen molar-refractivity contribution in [3.8, 4) is 5.75 Å². The third-order valence-electron chi connectivity index (χ3n) is 4.16. The van der Waals surface area contributed by atoms with E-state index in [1.165, 1.54) is 17.3 Å². The average Bonchev–Trinajstić information content (AvgIpc) is 3.07. The first kappa shape index (κ1) is 18.3. The summed E-state index contributed by atoms with van der Waals surface area (Å²) in [6.45, 7) is 4.21. The largest absolute Gasteiger partial charge is 0.497 e. The van der Waals surface area contributed by atoms with Crippen LogP contribution in [0, 0.1) is 6.92 Å². The number of nitrogens with zero attached hydrogens (tertiary/aromatic N) is 1. The highest BCUT2D eigenvalue weighted by atomic mass is 32.2. The summed E-state index contributed by atoms with van der Waals surface area (Å²) in [5.41, 5.74) is 6.35. The smallest absolute Gasteiger partial charge is 0.309 e. The van der Waals surface area contributed by atoms with Crippen LogP contribution in [0.2, 0.25) is 0 Å². The van der Waals surface area contributed by atoms with Crippen LogP contribution in [-0.2, 0) is 14.4 Å². The molecule has 0 amide bonds. The van der Waals surface area contributed by atoms with Crippen LogP contribution in [0.4, 0.5) is 0 Å². The molecule has 1 aliphatic rings. The standard InChI is InChI=1S/C20H22N2O3S/c1-4-25-18(23)13-20(16-9-11-17(24-3)12-10-16)22-21-19(26-20)15-7-5-14(2)6-8-15/h5-12,22H,4,13H2,1-3H3/t20-/m0/s1. The number of benzene rings is 2. The highest BCUT2D eigenvalue weighted by molar-refractivity contribution is 8.15. The molecule has 3 rings (SSSR count). The van der Waals surface area contributed by atoms with Gasteiger partial charge in [-0.15, -0.1) is 0 Å². The van der Waals surface area contributed by atoms with Crippen molar-refractivity contribution in [2.24, 2.45) is 5.10 Å². The van der Waals surface area contributed by atoms with E-state index in [0.717, 1.165) is 21.9 Å². The summed E-state index contributed by atoms with van der Waals surface area (Å²) in [7, 11) is 1.63. The van der Waals surface area contributed by atoms with E-state index in [2.05, 4.69) is 22.7 Å². The molecule has 1 aliphatic heterocycles. The van der Waals surface area contributed by atoms with Gasteiger partial charge in [-0.1, -0.05) is 53.7 Å². The zero-order valence-corrected chi connectivity index (χ0v) is 15.9. The summed E-state index contributed by atoms with van der Waals surface area (Å²) < 4.78 is 10.4. The number of methoxy groups -OCH3 is 1. The molecule has 0 unspecified atom stereocenters. The molecular weight excluding hydrogens is 348 g/mol. The second-order valence-electron chi connectivity index (χ2n) is 6.03. The first-order chi connectivity index (χ1) is 12.6. The lowest BCUT2D eigenvalue weighted by Gasteiger charge is -2.27. The van der Waals surface area contributed by atoms with Crippen molar-refractivity contribution in [1.82, 2.24) is 5.43 Å². The Balaban J connectivity index is 1.89. The number of hydrogen-bond donors (Lipinski definition) is 1. The van der Waals surface area contributed by atoms with Crippen LogP contribution < -0.4 is 10.2 Å². The maximum Gasteiger partial charge on any atom is 0.309 e. The maximum absolute atomic E-state index is 12.2. The third-order valence-corrected chi connectivity index (χ3v) is 5.50. The van der Waals surface area contributed by atoms with Crippen molar-refractivity contribution in [2.45, 2.75) is 25.1 Å². The number of carbonyl (C=O) groups excluding carboxylic acids is 1.